The first kappa shape index (κ1) is 10.1. The van der Waals surface area contributed by atoms with Gasteiger partial charge in [0.25, 0.3) is 0 Å². The van der Waals surface area contributed by atoms with Gasteiger partial charge in [-0.25, -0.2) is 0 Å². The second kappa shape index (κ2) is 3.64. The molecule has 1 unspecified atom stereocenters. The van der Waals surface area contributed by atoms with E-state index in [1.54, 1.807) is 7.05 Å². The van der Waals surface area contributed by atoms with E-state index in [0.717, 1.165) is 11.1 Å². The summed E-state index contributed by atoms with van der Waals surface area (Å²) in [5.74, 6) is -0.405. The molecule has 2 rings (SSSR count). The molecular weight excluding hydrogens is 192 g/mol. The van der Waals surface area contributed by atoms with Crippen LogP contribution in [0.2, 0.25) is 0 Å². The summed E-state index contributed by atoms with van der Waals surface area (Å²) in [4.78, 5) is 11.5. The normalized spacial score (nSPS) is 24.6. The van der Waals surface area contributed by atoms with Gasteiger partial charge in [0, 0.05) is 0 Å². The lowest BCUT2D eigenvalue weighted by Gasteiger charge is -2.35. The van der Waals surface area contributed by atoms with Crippen molar-refractivity contribution in [2.24, 2.45) is 5.73 Å². The van der Waals surface area contributed by atoms with Gasteiger partial charge in [-0.15, -0.1) is 0 Å². The minimum atomic E-state index is -0.880. The maximum Gasteiger partial charge on any atom is 0.244 e. The Hall–Kier alpha value is -1.39. The van der Waals surface area contributed by atoms with Crippen molar-refractivity contribution in [1.29, 1.82) is 0 Å². The number of likely N-dealkylation sites (N-methyl/N-ethyl adjacent to an activating group) is 1. The first-order chi connectivity index (χ1) is 7.20. The van der Waals surface area contributed by atoms with Gasteiger partial charge in [0.15, 0.2) is 0 Å². The van der Waals surface area contributed by atoms with E-state index in [9.17, 15) is 4.79 Å². The predicted octanol–water partition coefficient (Wildman–Crippen LogP) is 0.117. The predicted molar refractivity (Wildman–Crippen MR) is 56.0 cm³/mol. The minimum absolute atomic E-state index is 0.288. The monoisotopic (exact) mass is 206 g/mol. The highest BCUT2D eigenvalue weighted by Crippen LogP contribution is 2.29. The summed E-state index contributed by atoms with van der Waals surface area (Å²) in [6, 6.07) is 7.69. The molecule has 1 aliphatic heterocycles. The number of nitrogens with one attached hydrogen (secondary N) is 1. The molecular formula is C11H14N2O2. The number of rotatable bonds is 2. The fourth-order valence-corrected chi connectivity index (χ4v) is 1.99. The van der Waals surface area contributed by atoms with Crippen LogP contribution in [0.25, 0.3) is 0 Å². The summed E-state index contributed by atoms with van der Waals surface area (Å²) in [6.45, 7) is 0.822. The van der Waals surface area contributed by atoms with Crippen LogP contribution in [-0.4, -0.2) is 19.6 Å². The quantitative estimate of drug-likeness (QED) is 0.722. The minimum Gasteiger partial charge on any atom is -0.374 e. The second-order valence-corrected chi connectivity index (χ2v) is 3.67. The van der Waals surface area contributed by atoms with Crippen LogP contribution < -0.4 is 11.1 Å². The highest BCUT2D eigenvalue weighted by molar-refractivity contribution is 5.87. The molecule has 1 aliphatic rings. The maximum atomic E-state index is 11.5. The smallest absolute Gasteiger partial charge is 0.244 e. The van der Waals surface area contributed by atoms with E-state index in [2.05, 4.69) is 5.32 Å². The number of fused-ring (bicyclic) bond motifs is 1. The van der Waals surface area contributed by atoms with Gasteiger partial charge in [0.05, 0.1) is 13.2 Å². The van der Waals surface area contributed by atoms with E-state index in [1.807, 2.05) is 24.3 Å². The molecule has 1 aromatic carbocycles. The molecule has 0 aliphatic carbocycles. The van der Waals surface area contributed by atoms with Gasteiger partial charge in [-0.05, 0) is 18.2 Å². The number of ether oxygens (including phenoxy) is 1. The Morgan fingerprint density at radius 2 is 2.27 bits per heavy atom. The lowest BCUT2D eigenvalue weighted by molar-refractivity contribution is -0.128. The van der Waals surface area contributed by atoms with E-state index in [4.69, 9.17) is 10.5 Å². The Bertz CT molecular complexity index is 392. The number of carbonyl (C=O) groups is 1. The summed E-state index contributed by atoms with van der Waals surface area (Å²) in [5, 5.41) is 2.97. The molecule has 4 nitrogen and oxygen atoms in total. The molecule has 80 valence electrons. The van der Waals surface area contributed by atoms with Crippen LogP contribution in [0.3, 0.4) is 0 Å². The van der Waals surface area contributed by atoms with Crippen molar-refractivity contribution in [3.8, 4) is 0 Å². The first-order valence-corrected chi connectivity index (χ1v) is 4.85. The number of hydrogen-bond donors (Lipinski definition) is 2. The third-order valence-electron chi connectivity index (χ3n) is 2.90. The molecule has 0 saturated heterocycles. The van der Waals surface area contributed by atoms with Crippen molar-refractivity contribution < 1.29 is 9.53 Å². The van der Waals surface area contributed by atoms with Gasteiger partial charge in [0.2, 0.25) is 5.91 Å². The zero-order chi connectivity index (χ0) is 10.9. The van der Waals surface area contributed by atoms with Crippen molar-refractivity contribution in [2.45, 2.75) is 12.1 Å². The molecule has 3 N–H and O–H groups in total. The zero-order valence-electron chi connectivity index (χ0n) is 8.62. The summed E-state index contributed by atoms with van der Waals surface area (Å²) < 4.78 is 5.40. The standard InChI is InChI=1S/C11H14N2O2/c1-13-11(10(12)14)7-15-6-8-4-2-3-5-9(8)11/h2-5,13H,6-7H2,1H3,(H2,12,14). The maximum absolute atomic E-state index is 11.5. The Morgan fingerprint density at radius 1 is 1.53 bits per heavy atom. The summed E-state index contributed by atoms with van der Waals surface area (Å²) in [6.07, 6.45) is 0. The molecule has 0 spiro atoms. The number of hydrogen-bond acceptors (Lipinski definition) is 3. The molecule has 0 aromatic heterocycles. The molecule has 1 amide bonds. The van der Waals surface area contributed by atoms with Crippen molar-refractivity contribution in [3.05, 3.63) is 35.4 Å². The Kier molecular flexibility index (Phi) is 2.46. The van der Waals surface area contributed by atoms with Gasteiger partial charge >= 0.3 is 0 Å². The van der Waals surface area contributed by atoms with Gasteiger partial charge in [-0.3, -0.25) is 4.79 Å². The van der Waals surface area contributed by atoms with Crippen LogP contribution in [0, 0.1) is 0 Å². The number of primary amides is 1. The highest BCUT2D eigenvalue weighted by Gasteiger charge is 2.41. The zero-order valence-corrected chi connectivity index (χ0v) is 8.62. The van der Waals surface area contributed by atoms with Gasteiger partial charge in [0.1, 0.15) is 5.54 Å². The van der Waals surface area contributed by atoms with E-state index in [0.29, 0.717) is 6.61 Å². The Morgan fingerprint density at radius 3 is 2.93 bits per heavy atom. The number of amides is 1. The number of carbonyl (C=O) groups excluding carboxylic acids is 1. The number of benzene rings is 1. The molecule has 4 heteroatoms. The average molecular weight is 206 g/mol. The third-order valence-corrected chi connectivity index (χ3v) is 2.90. The molecule has 0 fully saturated rings. The van der Waals surface area contributed by atoms with Crippen LogP contribution in [0.5, 0.6) is 0 Å². The van der Waals surface area contributed by atoms with E-state index in [-0.39, 0.29) is 6.61 Å². The van der Waals surface area contributed by atoms with Crippen molar-refractivity contribution in [2.75, 3.05) is 13.7 Å². The molecule has 1 atom stereocenters. The molecule has 0 radical (unpaired) electrons. The molecule has 0 saturated carbocycles. The third kappa shape index (κ3) is 1.42. The SMILES string of the molecule is CNC1(C(N)=O)COCc2ccccc21. The Labute approximate surface area is 88.4 Å². The summed E-state index contributed by atoms with van der Waals surface area (Å²) in [7, 11) is 1.72. The Balaban J connectivity index is 2.57. The van der Waals surface area contributed by atoms with E-state index in [1.165, 1.54) is 0 Å². The van der Waals surface area contributed by atoms with Crippen molar-refractivity contribution in [1.82, 2.24) is 5.32 Å². The fraction of sp³-hybridized carbons (Fsp3) is 0.364. The van der Waals surface area contributed by atoms with Crippen LogP contribution >= 0.6 is 0 Å². The van der Waals surface area contributed by atoms with Gasteiger partial charge in [-0.1, -0.05) is 24.3 Å². The van der Waals surface area contributed by atoms with Gasteiger partial charge < -0.3 is 15.8 Å². The molecule has 1 heterocycles. The second-order valence-electron chi connectivity index (χ2n) is 3.67. The molecule has 0 bridgehead atoms. The van der Waals surface area contributed by atoms with Crippen LogP contribution in [0.4, 0.5) is 0 Å². The molecule has 1 aromatic rings. The van der Waals surface area contributed by atoms with E-state index < -0.39 is 11.4 Å². The number of nitrogens with two attached hydrogens (primary N) is 1. The molecule has 15 heavy (non-hydrogen) atoms. The van der Waals surface area contributed by atoms with Crippen LogP contribution in [0.1, 0.15) is 11.1 Å². The van der Waals surface area contributed by atoms with E-state index >= 15 is 0 Å². The van der Waals surface area contributed by atoms with Crippen LogP contribution in [-0.2, 0) is 21.7 Å². The summed E-state index contributed by atoms with van der Waals surface area (Å²) in [5.41, 5.74) is 6.50. The summed E-state index contributed by atoms with van der Waals surface area (Å²) >= 11 is 0. The lowest BCUT2D eigenvalue weighted by Crippen LogP contribution is -2.56. The lowest BCUT2D eigenvalue weighted by atomic mass is 9.85. The van der Waals surface area contributed by atoms with Crippen LogP contribution in [0.15, 0.2) is 24.3 Å². The van der Waals surface area contributed by atoms with Gasteiger partial charge in [-0.2, -0.15) is 0 Å². The average Bonchev–Trinajstić information content (AvgIpc) is 2.28. The topological polar surface area (TPSA) is 64.3 Å². The fourth-order valence-electron chi connectivity index (χ4n) is 1.99. The van der Waals surface area contributed by atoms with Crippen molar-refractivity contribution in [3.63, 3.8) is 0 Å². The highest BCUT2D eigenvalue weighted by atomic mass is 16.5. The largest absolute Gasteiger partial charge is 0.374 e. The first-order valence-electron chi connectivity index (χ1n) is 4.85. The van der Waals surface area contributed by atoms with Crippen molar-refractivity contribution >= 4 is 5.91 Å².